The molecule has 0 radical (unpaired) electrons. The molecule has 0 amide bonds. The number of ether oxygens (including phenoxy) is 1. The summed E-state index contributed by atoms with van der Waals surface area (Å²) in [6.07, 6.45) is 10.3. The van der Waals surface area contributed by atoms with Gasteiger partial charge in [-0.15, -0.1) is 0 Å². The fourth-order valence-electron chi connectivity index (χ4n) is 2.18. The minimum absolute atomic E-state index is 0.838. The molecule has 0 saturated carbocycles. The van der Waals surface area contributed by atoms with E-state index in [0.717, 1.165) is 25.3 Å². The van der Waals surface area contributed by atoms with Crippen LogP contribution in [0.25, 0.3) is 0 Å². The van der Waals surface area contributed by atoms with E-state index in [1.807, 2.05) is 6.07 Å². The largest absolute Gasteiger partial charge is 0.494 e. The Bertz CT molecular complexity index is 338. The molecule has 1 aromatic carbocycles. The van der Waals surface area contributed by atoms with Crippen molar-refractivity contribution in [1.29, 1.82) is 0 Å². The van der Waals surface area contributed by atoms with Crippen molar-refractivity contribution in [3.63, 3.8) is 0 Å². The first-order valence-corrected chi connectivity index (χ1v) is 8.33. The van der Waals surface area contributed by atoms with Crippen LogP contribution in [0.1, 0.15) is 65.2 Å². The van der Waals surface area contributed by atoms with E-state index in [-0.39, 0.29) is 0 Å². The molecule has 20 heavy (non-hydrogen) atoms. The van der Waals surface area contributed by atoms with Gasteiger partial charge in [0.1, 0.15) is 5.75 Å². The highest BCUT2D eigenvalue weighted by molar-refractivity contribution is 5.48. The van der Waals surface area contributed by atoms with Crippen LogP contribution in [0.3, 0.4) is 0 Å². The molecule has 1 aromatic rings. The molecule has 0 unspecified atom stereocenters. The van der Waals surface area contributed by atoms with Crippen LogP contribution in [0, 0.1) is 0 Å². The lowest BCUT2D eigenvalue weighted by Gasteiger charge is -2.09. The monoisotopic (exact) mass is 277 g/mol. The third-order valence-electron chi connectivity index (χ3n) is 3.46. The lowest BCUT2D eigenvalue weighted by Crippen LogP contribution is -2.02. The van der Waals surface area contributed by atoms with Crippen molar-refractivity contribution in [2.75, 3.05) is 18.5 Å². The Balaban J connectivity index is 2.14. The summed E-state index contributed by atoms with van der Waals surface area (Å²) in [5, 5.41) is 3.43. The summed E-state index contributed by atoms with van der Waals surface area (Å²) in [5.74, 6) is 0.986. The van der Waals surface area contributed by atoms with Gasteiger partial charge in [0.25, 0.3) is 0 Å². The highest BCUT2D eigenvalue weighted by Crippen LogP contribution is 2.18. The summed E-state index contributed by atoms with van der Waals surface area (Å²) < 4.78 is 5.82. The standard InChI is InChI=1S/C18H31NO/c1-3-5-7-8-9-10-15-20-18-13-11-12-17(16-18)19-14-6-4-2/h11-13,16,19H,3-10,14-15H2,1-2H3. The molecule has 2 heteroatoms. The Kier molecular flexibility index (Phi) is 9.81. The maximum absolute atomic E-state index is 5.82. The second-order valence-electron chi connectivity index (χ2n) is 5.42. The van der Waals surface area contributed by atoms with E-state index in [1.165, 1.54) is 50.6 Å². The van der Waals surface area contributed by atoms with Gasteiger partial charge in [0.2, 0.25) is 0 Å². The van der Waals surface area contributed by atoms with E-state index in [1.54, 1.807) is 0 Å². The SMILES string of the molecule is CCCCCCCCOc1cccc(NCCCC)c1. The van der Waals surface area contributed by atoms with Crippen LogP contribution in [0.15, 0.2) is 24.3 Å². The Morgan fingerprint density at radius 3 is 2.45 bits per heavy atom. The van der Waals surface area contributed by atoms with Gasteiger partial charge in [0.15, 0.2) is 0 Å². The highest BCUT2D eigenvalue weighted by Gasteiger charge is 1.97. The number of rotatable bonds is 12. The van der Waals surface area contributed by atoms with Crippen molar-refractivity contribution in [2.24, 2.45) is 0 Å². The summed E-state index contributed by atoms with van der Waals surface area (Å²) in [6, 6.07) is 8.31. The molecule has 0 spiro atoms. The van der Waals surface area contributed by atoms with Gasteiger partial charge in [-0.05, 0) is 25.0 Å². The third-order valence-corrected chi connectivity index (χ3v) is 3.46. The summed E-state index contributed by atoms with van der Waals surface area (Å²) in [7, 11) is 0. The average molecular weight is 277 g/mol. The highest BCUT2D eigenvalue weighted by atomic mass is 16.5. The number of hydrogen-bond acceptors (Lipinski definition) is 2. The molecule has 0 aliphatic rings. The van der Waals surface area contributed by atoms with Gasteiger partial charge in [-0.2, -0.15) is 0 Å². The fraction of sp³-hybridized carbons (Fsp3) is 0.667. The molecular formula is C18H31NO. The Morgan fingerprint density at radius 2 is 1.65 bits per heavy atom. The van der Waals surface area contributed by atoms with Gasteiger partial charge >= 0.3 is 0 Å². The molecule has 0 bridgehead atoms. The summed E-state index contributed by atoms with van der Waals surface area (Å²) >= 11 is 0. The third kappa shape index (κ3) is 8.08. The Labute approximate surface area is 124 Å². The zero-order chi connectivity index (χ0) is 14.5. The van der Waals surface area contributed by atoms with Gasteiger partial charge < -0.3 is 10.1 Å². The predicted molar refractivity (Wildman–Crippen MR) is 88.7 cm³/mol. The minimum Gasteiger partial charge on any atom is -0.494 e. The molecule has 1 rings (SSSR count). The van der Waals surface area contributed by atoms with Gasteiger partial charge in [0, 0.05) is 18.3 Å². The van der Waals surface area contributed by atoms with Crippen molar-refractivity contribution < 1.29 is 4.74 Å². The van der Waals surface area contributed by atoms with Crippen LogP contribution >= 0.6 is 0 Å². The summed E-state index contributed by atoms with van der Waals surface area (Å²) in [4.78, 5) is 0. The van der Waals surface area contributed by atoms with E-state index in [9.17, 15) is 0 Å². The number of nitrogens with one attached hydrogen (secondary N) is 1. The van der Waals surface area contributed by atoms with Crippen LogP contribution in [0.2, 0.25) is 0 Å². The molecule has 0 aromatic heterocycles. The van der Waals surface area contributed by atoms with E-state index >= 15 is 0 Å². The normalized spacial score (nSPS) is 10.5. The van der Waals surface area contributed by atoms with E-state index in [0.29, 0.717) is 0 Å². The molecule has 0 saturated heterocycles. The van der Waals surface area contributed by atoms with Gasteiger partial charge in [-0.25, -0.2) is 0 Å². The molecule has 2 nitrogen and oxygen atoms in total. The maximum atomic E-state index is 5.82. The van der Waals surface area contributed by atoms with E-state index < -0.39 is 0 Å². The topological polar surface area (TPSA) is 21.3 Å². The summed E-state index contributed by atoms with van der Waals surface area (Å²) in [6.45, 7) is 6.34. The van der Waals surface area contributed by atoms with Gasteiger partial charge in [-0.1, -0.05) is 58.4 Å². The number of hydrogen-bond donors (Lipinski definition) is 1. The van der Waals surface area contributed by atoms with Crippen molar-refractivity contribution in [1.82, 2.24) is 0 Å². The lowest BCUT2D eigenvalue weighted by molar-refractivity contribution is 0.304. The number of anilines is 1. The van der Waals surface area contributed by atoms with Crippen molar-refractivity contribution >= 4 is 5.69 Å². The zero-order valence-corrected chi connectivity index (χ0v) is 13.3. The molecule has 1 N–H and O–H groups in total. The lowest BCUT2D eigenvalue weighted by atomic mass is 10.1. The second kappa shape index (κ2) is 11.6. The van der Waals surface area contributed by atoms with Gasteiger partial charge in [0.05, 0.1) is 6.61 Å². The molecule has 0 aliphatic heterocycles. The minimum atomic E-state index is 0.838. The molecule has 0 atom stereocenters. The fourth-order valence-corrected chi connectivity index (χ4v) is 2.18. The molecule has 114 valence electrons. The van der Waals surface area contributed by atoms with Crippen LogP contribution in [0.4, 0.5) is 5.69 Å². The first-order valence-electron chi connectivity index (χ1n) is 8.33. The average Bonchev–Trinajstić information content (AvgIpc) is 2.47. The van der Waals surface area contributed by atoms with Crippen LogP contribution in [-0.4, -0.2) is 13.2 Å². The van der Waals surface area contributed by atoms with Crippen LogP contribution < -0.4 is 10.1 Å². The quantitative estimate of drug-likeness (QED) is 0.499. The van der Waals surface area contributed by atoms with Crippen LogP contribution in [-0.2, 0) is 0 Å². The van der Waals surface area contributed by atoms with E-state index in [2.05, 4.69) is 37.4 Å². The Hall–Kier alpha value is -1.18. The number of benzene rings is 1. The van der Waals surface area contributed by atoms with Crippen molar-refractivity contribution in [2.45, 2.75) is 65.2 Å². The van der Waals surface area contributed by atoms with Gasteiger partial charge in [-0.3, -0.25) is 0 Å². The Morgan fingerprint density at radius 1 is 0.900 bits per heavy atom. The maximum Gasteiger partial charge on any atom is 0.121 e. The van der Waals surface area contributed by atoms with E-state index in [4.69, 9.17) is 4.74 Å². The molecule has 0 heterocycles. The zero-order valence-electron chi connectivity index (χ0n) is 13.3. The second-order valence-corrected chi connectivity index (χ2v) is 5.42. The molecule has 0 fully saturated rings. The van der Waals surface area contributed by atoms with Crippen molar-refractivity contribution in [3.8, 4) is 5.75 Å². The first-order chi connectivity index (χ1) is 9.86. The van der Waals surface area contributed by atoms with Crippen LogP contribution in [0.5, 0.6) is 5.75 Å². The first kappa shape index (κ1) is 16.9. The molecular weight excluding hydrogens is 246 g/mol. The smallest absolute Gasteiger partial charge is 0.121 e. The summed E-state index contributed by atoms with van der Waals surface area (Å²) in [5.41, 5.74) is 1.17. The molecule has 0 aliphatic carbocycles. The predicted octanol–water partition coefficient (Wildman–Crippen LogP) is 5.64. The van der Waals surface area contributed by atoms with Crippen molar-refractivity contribution in [3.05, 3.63) is 24.3 Å². The number of unbranched alkanes of at least 4 members (excludes halogenated alkanes) is 6.